The van der Waals surface area contributed by atoms with Gasteiger partial charge in [0.1, 0.15) is 0 Å². The molecule has 3 rings (SSSR count). The monoisotopic (exact) mass is 391 g/mol. The van der Waals surface area contributed by atoms with Crippen LogP contribution >= 0.6 is 0 Å². The number of carbonyl (C=O) groups is 2. The SMILES string of the molecule is CN(C)CCN(Cc1ccccc1)C(=O)c1ccc(NC(=O)c2ccco2)cc1. The predicted octanol–water partition coefficient (Wildman–Crippen LogP) is 3.74. The number of hydrogen-bond acceptors (Lipinski definition) is 4. The highest BCUT2D eigenvalue weighted by Gasteiger charge is 2.17. The summed E-state index contributed by atoms with van der Waals surface area (Å²) in [6, 6.07) is 20.1. The lowest BCUT2D eigenvalue weighted by molar-refractivity contribution is 0.0732. The molecule has 0 aliphatic carbocycles. The van der Waals surface area contributed by atoms with Crippen LogP contribution in [0.4, 0.5) is 5.69 Å². The van der Waals surface area contributed by atoms with E-state index in [1.54, 1.807) is 36.4 Å². The molecule has 0 saturated carbocycles. The van der Waals surface area contributed by atoms with Crippen molar-refractivity contribution in [2.24, 2.45) is 0 Å². The Bertz CT molecular complexity index is 920. The Labute approximate surface area is 170 Å². The van der Waals surface area contributed by atoms with E-state index in [4.69, 9.17) is 4.42 Å². The first-order chi connectivity index (χ1) is 14.0. The minimum Gasteiger partial charge on any atom is -0.459 e. The molecule has 1 aromatic heterocycles. The number of likely N-dealkylation sites (N-methyl/N-ethyl adjacent to an activating group) is 1. The molecule has 2 aromatic carbocycles. The summed E-state index contributed by atoms with van der Waals surface area (Å²) in [5, 5.41) is 2.76. The van der Waals surface area contributed by atoms with Gasteiger partial charge in [0.25, 0.3) is 11.8 Å². The summed E-state index contributed by atoms with van der Waals surface area (Å²) in [6.07, 6.45) is 1.45. The van der Waals surface area contributed by atoms with Crippen LogP contribution < -0.4 is 5.32 Å². The van der Waals surface area contributed by atoms with E-state index in [0.717, 1.165) is 12.1 Å². The summed E-state index contributed by atoms with van der Waals surface area (Å²) in [5.41, 5.74) is 2.27. The standard InChI is InChI=1S/C23H25N3O3/c1-25(2)14-15-26(17-18-7-4-3-5-8-18)23(28)19-10-12-20(13-11-19)24-22(27)21-9-6-16-29-21/h3-13,16H,14-15,17H2,1-2H3,(H,24,27). The molecule has 0 unspecified atom stereocenters. The molecule has 29 heavy (non-hydrogen) atoms. The first-order valence-electron chi connectivity index (χ1n) is 9.46. The van der Waals surface area contributed by atoms with Crippen molar-refractivity contribution in [2.75, 3.05) is 32.5 Å². The van der Waals surface area contributed by atoms with Crippen molar-refractivity contribution in [3.05, 3.63) is 89.9 Å². The average molecular weight is 391 g/mol. The second-order valence-electron chi connectivity index (χ2n) is 7.02. The summed E-state index contributed by atoms with van der Waals surface area (Å²) in [5.74, 6) is -0.131. The Hall–Kier alpha value is -3.38. The van der Waals surface area contributed by atoms with Gasteiger partial charge in [-0.15, -0.1) is 0 Å². The van der Waals surface area contributed by atoms with Gasteiger partial charge >= 0.3 is 0 Å². The van der Waals surface area contributed by atoms with Gasteiger partial charge in [-0.25, -0.2) is 0 Å². The molecule has 1 N–H and O–H groups in total. The zero-order valence-electron chi connectivity index (χ0n) is 16.7. The van der Waals surface area contributed by atoms with E-state index in [2.05, 4.69) is 10.2 Å². The summed E-state index contributed by atoms with van der Waals surface area (Å²) >= 11 is 0. The van der Waals surface area contributed by atoms with Crippen molar-refractivity contribution in [2.45, 2.75) is 6.54 Å². The van der Waals surface area contributed by atoms with Crippen LogP contribution in [0.2, 0.25) is 0 Å². The number of hydrogen-bond donors (Lipinski definition) is 1. The second kappa shape index (κ2) is 9.71. The van der Waals surface area contributed by atoms with Gasteiger partial charge in [-0.3, -0.25) is 9.59 Å². The van der Waals surface area contributed by atoms with E-state index in [0.29, 0.717) is 24.3 Å². The molecule has 0 fully saturated rings. The van der Waals surface area contributed by atoms with Gasteiger partial charge in [-0.05, 0) is 56.1 Å². The smallest absolute Gasteiger partial charge is 0.291 e. The first kappa shape index (κ1) is 20.4. The van der Waals surface area contributed by atoms with Gasteiger partial charge < -0.3 is 19.5 Å². The van der Waals surface area contributed by atoms with Gasteiger partial charge in [0.15, 0.2) is 5.76 Å². The minimum absolute atomic E-state index is 0.0420. The molecule has 0 bridgehead atoms. The molecule has 0 aliphatic rings. The third-order valence-corrected chi connectivity index (χ3v) is 4.46. The second-order valence-corrected chi connectivity index (χ2v) is 7.02. The average Bonchev–Trinajstić information content (AvgIpc) is 3.27. The maximum atomic E-state index is 13.1. The Morgan fingerprint density at radius 1 is 0.897 bits per heavy atom. The molecule has 0 saturated heterocycles. The number of anilines is 1. The minimum atomic E-state index is -0.328. The van der Waals surface area contributed by atoms with Gasteiger partial charge in [-0.1, -0.05) is 30.3 Å². The van der Waals surface area contributed by atoms with Crippen LogP contribution in [0.1, 0.15) is 26.5 Å². The predicted molar refractivity (Wildman–Crippen MR) is 113 cm³/mol. The lowest BCUT2D eigenvalue weighted by Crippen LogP contribution is -2.36. The van der Waals surface area contributed by atoms with E-state index in [-0.39, 0.29) is 17.6 Å². The van der Waals surface area contributed by atoms with E-state index in [9.17, 15) is 9.59 Å². The molecule has 1 heterocycles. The van der Waals surface area contributed by atoms with Crippen molar-refractivity contribution in [3.63, 3.8) is 0 Å². The molecular formula is C23H25N3O3. The lowest BCUT2D eigenvalue weighted by Gasteiger charge is -2.25. The zero-order valence-corrected chi connectivity index (χ0v) is 16.7. The number of nitrogens with zero attached hydrogens (tertiary/aromatic N) is 2. The largest absolute Gasteiger partial charge is 0.459 e. The Morgan fingerprint density at radius 3 is 2.24 bits per heavy atom. The zero-order chi connectivity index (χ0) is 20.6. The third kappa shape index (κ3) is 5.80. The first-order valence-corrected chi connectivity index (χ1v) is 9.46. The normalized spacial score (nSPS) is 10.7. The van der Waals surface area contributed by atoms with E-state index >= 15 is 0 Å². The fourth-order valence-corrected chi connectivity index (χ4v) is 2.86. The van der Waals surface area contributed by atoms with E-state index in [1.165, 1.54) is 6.26 Å². The van der Waals surface area contributed by atoms with Gasteiger partial charge in [0.2, 0.25) is 0 Å². The molecular weight excluding hydrogens is 366 g/mol. The summed E-state index contributed by atoms with van der Waals surface area (Å²) in [4.78, 5) is 29.0. The highest BCUT2D eigenvalue weighted by atomic mass is 16.3. The molecule has 0 atom stereocenters. The highest BCUT2D eigenvalue weighted by Crippen LogP contribution is 2.15. The fraction of sp³-hybridized carbons (Fsp3) is 0.217. The van der Waals surface area contributed by atoms with E-state index in [1.807, 2.05) is 49.3 Å². The van der Waals surface area contributed by atoms with Crippen molar-refractivity contribution >= 4 is 17.5 Å². The lowest BCUT2D eigenvalue weighted by atomic mass is 10.1. The molecule has 2 amide bonds. The van der Waals surface area contributed by atoms with Crippen molar-refractivity contribution in [1.82, 2.24) is 9.80 Å². The Balaban J connectivity index is 1.70. The number of carbonyl (C=O) groups excluding carboxylic acids is 2. The van der Waals surface area contributed by atoms with E-state index < -0.39 is 0 Å². The summed E-state index contributed by atoms with van der Waals surface area (Å²) < 4.78 is 5.09. The molecule has 6 heteroatoms. The van der Waals surface area contributed by atoms with Crippen LogP contribution in [-0.4, -0.2) is 48.8 Å². The van der Waals surface area contributed by atoms with Gasteiger partial charge in [0.05, 0.1) is 6.26 Å². The molecule has 0 aliphatic heterocycles. The van der Waals surface area contributed by atoms with Crippen LogP contribution in [0.15, 0.2) is 77.4 Å². The Kier molecular flexibility index (Phi) is 6.81. The number of rotatable bonds is 8. The quantitative estimate of drug-likeness (QED) is 0.635. The third-order valence-electron chi connectivity index (χ3n) is 4.46. The maximum Gasteiger partial charge on any atom is 0.291 e. The molecule has 150 valence electrons. The van der Waals surface area contributed by atoms with Crippen molar-refractivity contribution in [3.8, 4) is 0 Å². The fourth-order valence-electron chi connectivity index (χ4n) is 2.86. The topological polar surface area (TPSA) is 65.8 Å². The van der Waals surface area contributed by atoms with Gasteiger partial charge in [0, 0.05) is 30.9 Å². The molecule has 0 spiro atoms. The van der Waals surface area contributed by atoms with Crippen LogP contribution in [0.3, 0.4) is 0 Å². The van der Waals surface area contributed by atoms with Crippen molar-refractivity contribution < 1.29 is 14.0 Å². The van der Waals surface area contributed by atoms with Crippen LogP contribution in [0.25, 0.3) is 0 Å². The number of nitrogens with one attached hydrogen (secondary N) is 1. The molecule has 3 aromatic rings. The molecule has 6 nitrogen and oxygen atoms in total. The highest BCUT2D eigenvalue weighted by molar-refractivity contribution is 6.02. The van der Waals surface area contributed by atoms with Crippen LogP contribution in [0.5, 0.6) is 0 Å². The van der Waals surface area contributed by atoms with Crippen LogP contribution in [-0.2, 0) is 6.54 Å². The molecule has 0 radical (unpaired) electrons. The van der Waals surface area contributed by atoms with Crippen LogP contribution in [0, 0.1) is 0 Å². The number of furan rings is 1. The Morgan fingerprint density at radius 2 is 1.62 bits per heavy atom. The number of benzene rings is 2. The maximum absolute atomic E-state index is 13.1. The summed E-state index contributed by atoms with van der Waals surface area (Å²) in [7, 11) is 3.98. The van der Waals surface area contributed by atoms with Gasteiger partial charge in [-0.2, -0.15) is 0 Å². The van der Waals surface area contributed by atoms with Crippen molar-refractivity contribution in [1.29, 1.82) is 0 Å². The number of amides is 2. The summed E-state index contributed by atoms with van der Waals surface area (Å²) in [6.45, 7) is 1.94.